The van der Waals surface area contributed by atoms with Crippen LogP contribution in [0.2, 0.25) is 15.3 Å². The van der Waals surface area contributed by atoms with Crippen molar-refractivity contribution in [3.05, 3.63) is 136 Å². The molecule has 2 aliphatic heterocycles. The van der Waals surface area contributed by atoms with Gasteiger partial charge in [-0.05, 0) is 121 Å². The molecule has 0 atom stereocenters. The lowest BCUT2D eigenvalue weighted by Crippen LogP contribution is -2.47. The lowest BCUT2D eigenvalue weighted by molar-refractivity contribution is 0.188. The molecule has 0 spiro atoms. The lowest BCUT2D eigenvalue weighted by atomic mass is 9.97. The number of halogens is 3. The van der Waals surface area contributed by atoms with Gasteiger partial charge in [0.25, 0.3) is 0 Å². The molecule has 4 fully saturated rings. The highest BCUT2D eigenvalue weighted by Crippen LogP contribution is 2.49. The number of hydrogen-bond donors (Lipinski definition) is 6. The number of benzene rings is 4. The van der Waals surface area contributed by atoms with Gasteiger partial charge >= 0.3 is 0 Å². The first-order valence-electron chi connectivity index (χ1n) is 23.7. The van der Waals surface area contributed by atoms with Crippen LogP contribution in [0.4, 0.5) is 51.7 Å². The number of β-amino-alcohol motifs (C(OH)–C–C–N with tert-alkyl or cyclic N) is 2. The maximum atomic E-state index is 9.49. The molecule has 7 N–H and O–H groups in total. The minimum atomic E-state index is -0.325. The Kier molecular flexibility index (Phi) is 16.9. The summed E-state index contributed by atoms with van der Waals surface area (Å²) in [5, 5.41) is 48.0. The van der Waals surface area contributed by atoms with E-state index >= 15 is 0 Å². The van der Waals surface area contributed by atoms with E-state index in [0.717, 1.165) is 124 Å². The predicted molar refractivity (Wildman–Crippen MR) is 284 cm³/mol. The minimum Gasteiger partial charge on any atom is -0.399 e. The molecule has 10 rings (SSSR count). The van der Waals surface area contributed by atoms with Gasteiger partial charge in [0.1, 0.15) is 11.6 Å². The number of nitrogens with one attached hydrogen (secondary N) is 3. The average molecular weight is 1020 g/mol. The van der Waals surface area contributed by atoms with Gasteiger partial charge in [-0.2, -0.15) is 15.5 Å². The van der Waals surface area contributed by atoms with Crippen LogP contribution >= 0.6 is 34.8 Å². The first kappa shape index (κ1) is 50.9. The zero-order valence-electron chi connectivity index (χ0n) is 39.3. The molecule has 2 aliphatic carbocycles. The van der Waals surface area contributed by atoms with Gasteiger partial charge in [-0.25, -0.2) is 15.0 Å². The molecule has 0 radical (unpaired) electrons. The number of aromatic nitrogens is 4. The standard InChI is InChI=1S/C26H28ClN7O.C14H11ClN4.C12H18ClN3O/c27-22-17-21(4-5-23(22)34-12-10-33(11-13-34)14-15-35)31-25-29-9-6-24(32-25)30-20-3-1-2-19(16-20)26(18-28)7-8-26;15-13-17-7-4-12(19-13)18-11-3-1-2-10(8-11)14(9-16)5-6-14;13-11-9-10(14)1-2-12(11)16-5-3-15(4-6-16)7-8-17/h1-6,9,16-17,35H,7-8,10-15H2,(H2,29,30,31,32);1-4,7-8H,5-6H2,(H,17,18,19);1-2,9,17H,3-8,14H2. The van der Waals surface area contributed by atoms with E-state index in [0.29, 0.717) is 39.9 Å². The number of hydrogen-bond acceptors (Lipinski definition) is 16. The SMILES string of the molecule is N#CC1(c2cccc(Nc3ccnc(Cl)n3)c2)CC1.N#CC1(c2cccc(Nc3ccnc(Nc4ccc(N5CCN(CCO)CC5)c(Cl)c4)n3)c2)CC1.Nc1ccc(N2CCN(CCO)CC2)c(Cl)c1. The zero-order chi connectivity index (χ0) is 49.8. The number of nitriles is 2. The number of piperazine rings is 2. The second-order valence-corrected chi connectivity index (χ2v) is 19.0. The van der Waals surface area contributed by atoms with E-state index in [-0.39, 0.29) is 29.3 Å². The van der Waals surface area contributed by atoms with Crippen molar-refractivity contribution < 1.29 is 10.2 Å². The number of anilines is 9. The van der Waals surface area contributed by atoms with Crippen molar-refractivity contribution in [1.29, 1.82) is 10.5 Å². The van der Waals surface area contributed by atoms with E-state index in [4.69, 9.17) is 50.7 Å². The monoisotopic (exact) mass is 1010 g/mol. The highest BCUT2D eigenvalue weighted by molar-refractivity contribution is 6.34. The number of nitrogens with two attached hydrogens (primary N) is 1. The largest absolute Gasteiger partial charge is 0.399 e. The molecule has 19 heteroatoms. The van der Waals surface area contributed by atoms with E-state index in [1.165, 1.54) is 0 Å². The number of aliphatic hydroxyl groups is 2. The van der Waals surface area contributed by atoms with Crippen LogP contribution in [-0.4, -0.2) is 119 Å². The predicted octanol–water partition coefficient (Wildman–Crippen LogP) is 8.75. The van der Waals surface area contributed by atoms with Crippen LogP contribution in [0.15, 0.2) is 109 Å². The van der Waals surface area contributed by atoms with Gasteiger partial charge in [0.05, 0.1) is 57.6 Å². The molecule has 2 saturated heterocycles. The van der Waals surface area contributed by atoms with Crippen molar-refractivity contribution in [3.8, 4) is 12.1 Å². The minimum absolute atomic E-state index is 0.189. The summed E-state index contributed by atoms with van der Waals surface area (Å²) < 4.78 is 0. The molecular formula is C52H57Cl3N14O2. The van der Waals surface area contributed by atoms with Gasteiger partial charge in [-0.3, -0.25) is 9.80 Å². The van der Waals surface area contributed by atoms with Gasteiger partial charge in [-0.1, -0.05) is 47.5 Å². The van der Waals surface area contributed by atoms with Crippen molar-refractivity contribution in [2.75, 3.05) is 110 Å². The van der Waals surface area contributed by atoms with Crippen molar-refractivity contribution in [1.82, 2.24) is 29.7 Å². The quantitative estimate of drug-likeness (QED) is 0.0444. The van der Waals surface area contributed by atoms with Crippen molar-refractivity contribution >= 4 is 86.5 Å². The normalized spacial score (nSPS) is 16.7. The highest BCUT2D eigenvalue weighted by atomic mass is 35.5. The van der Waals surface area contributed by atoms with Crippen LogP contribution < -0.4 is 31.5 Å². The molecule has 0 bridgehead atoms. The van der Waals surface area contributed by atoms with Gasteiger partial charge in [0.15, 0.2) is 0 Å². The Bertz CT molecular complexity index is 2840. The Balaban J connectivity index is 0.000000158. The maximum absolute atomic E-state index is 9.49. The second-order valence-electron chi connectivity index (χ2n) is 17.9. The van der Waals surface area contributed by atoms with Gasteiger partial charge in [-0.15, -0.1) is 0 Å². The van der Waals surface area contributed by atoms with E-state index < -0.39 is 0 Å². The third-order valence-electron chi connectivity index (χ3n) is 13.0. The number of nitrogens with zero attached hydrogens (tertiary/aromatic N) is 10. The fraction of sp³-hybridized carbons (Fsp3) is 0.346. The molecule has 6 aromatic rings. The van der Waals surface area contributed by atoms with E-state index in [1.807, 2.05) is 84.9 Å². The van der Waals surface area contributed by atoms with E-state index in [1.54, 1.807) is 24.5 Å². The van der Waals surface area contributed by atoms with Gasteiger partial charge < -0.3 is 41.7 Å². The molecule has 368 valence electrons. The Morgan fingerprint density at radius 2 is 1.04 bits per heavy atom. The summed E-state index contributed by atoms with van der Waals surface area (Å²) in [6, 6.07) is 35.7. The lowest BCUT2D eigenvalue weighted by Gasteiger charge is -2.36. The molecule has 2 aromatic heterocycles. The van der Waals surface area contributed by atoms with Crippen LogP contribution in [0.3, 0.4) is 0 Å². The van der Waals surface area contributed by atoms with Crippen LogP contribution in [0.5, 0.6) is 0 Å². The molecule has 71 heavy (non-hydrogen) atoms. The molecule has 16 nitrogen and oxygen atoms in total. The molecule has 4 aliphatic rings. The highest BCUT2D eigenvalue weighted by Gasteiger charge is 2.45. The van der Waals surface area contributed by atoms with Crippen molar-refractivity contribution in [2.45, 2.75) is 36.5 Å². The summed E-state index contributed by atoms with van der Waals surface area (Å²) in [4.78, 5) is 25.9. The smallest absolute Gasteiger partial charge is 0.229 e. The van der Waals surface area contributed by atoms with Crippen LogP contribution in [-0.2, 0) is 10.8 Å². The molecular weight excluding hydrogens is 959 g/mol. The Labute approximate surface area is 429 Å². The van der Waals surface area contributed by atoms with Crippen molar-refractivity contribution in [2.24, 2.45) is 0 Å². The number of aliphatic hydroxyl groups excluding tert-OH is 2. The van der Waals surface area contributed by atoms with E-state index in [9.17, 15) is 10.5 Å². The molecule has 2 saturated carbocycles. The first-order chi connectivity index (χ1) is 34.5. The fourth-order valence-electron chi connectivity index (χ4n) is 8.62. The van der Waals surface area contributed by atoms with Crippen LogP contribution in [0.1, 0.15) is 36.8 Å². The number of rotatable bonds is 14. The Hall–Kier alpha value is -6.47. The van der Waals surface area contributed by atoms with Crippen LogP contribution in [0, 0.1) is 22.7 Å². The maximum Gasteiger partial charge on any atom is 0.229 e. The molecule has 0 unspecified atom stereocenters. The summed E-state index contributed by atoms with van der Waals surface area (Å²) in [7, 11) is 0. The summed E-state index contributed by atoms with van der Waals surface area (Å²) in [6.45, 7) is 9.23. The molecule has 4 heterocycles. The van der Waals surface area contributed by atoms with Gasteiger partial charge in [0.2, 0.25) is 11.2 Å². The fourth-order valence-corrected chi connectivity index (χ4v) is 9.37. The van der Waals surface area contributed by atoms with E-state index in [2.05, 4.69) is 67.6 Å². The second kappa shape index (κ2) is 23.6. The van der Waals surface area contributed by atoms with Crippen LogP contribution in [0.25, 0.3) is 0 Å². The summed E-state index contributed by atoms with van der Waals surface area (Å²) in [5.74, 6) is 1.76. The summed E-state index contributed by atoms with van der Waals surface area (Å²) in [6.07, 6.45) is 6.99. The summed E-state index contributed by atoms with van der Waals surface area (Å²) in [5.41, 5.74) is 12.5. The van der Waals surface area contributed by atoms with Crippen molar-refractivity contribution in [3.63, 3.8) is 0 Å². The summed E-state index contributed by atoms with van der Waals surface area (Å²) >= 11 is 18.5. The Morgan fingerprint density at radius 1 is 0.563 bits per heavy atom. The van der Waals surface area contributed by atoms with Gasteiger partial charge in [0, 0.05) is 101 Å². The Morgan fingerprint density at radius 3 is 1.51 bits per heavy atom. The number of nitrogen functional groups attached to an aromatic ring is 1. The third kappa shape index (κ3) is 13.5. The average Bonchev–Trinajstić information content (AvgIpc) is 4.33. The molecule has 0 amide bonds. The molecule has 4 aromatic carbocycles. The topological polar surface area (TPSA) is 215 Å². The first-order valence-corrected chi connectivity index (χ1v) is 24.8. The zero-order valence-corrected chi connectivity index (χ0v) is 41.6. The third-order valence-corrected chi connectivity index (χ3v) is 13.8.